The Kier molecular flexibility index (Phi) is 2.47. The predicted molar refractivity (Wildman–Crippen MR) is 75.5 cm³/mol. The molecule has 0 aliphatic carbocycles. The summed E-state index contributed by atoms with van der Waals surface area (Å²) in [6.45, 7) is 5.21. The molecule has 1 aromatic heterocycles. The van der Waals surface area contributed by atoms with E-state index in [4.69, 9.17) is 0 Å². The normalized spacial score (nSPS) is 13.4. The van der Waals surface area contributed by atoms with Gasteiger partial charge in [0.05, 0.1) is 11.4 Å². The van der Waals surface area contributed by atoms with E-state index >= 15 is 0 Å². The Morgan fingerprint density at radius 1 is 1.22 bits per heavy atom. The van der Waals surface area contributed by atoms with Gasteiger partial charge < -0.3 is 10.2 Å². The molecule has 3 heteroatoms. The van der Waals surface area contributed by atoms with Crippen LogP contribution in [-0.2, 0) is 6.54 Å². The highest BCUT2D eigenvalue weighted by atomic mass is 15.2. The molecule has 0 bridgehead atoms. The number of nitrogens with one attached hydrogen (secondary N) is 1. The van der Waals surface area contributed by atoms with Crippen molar-refractivity contribution in [3.05, 3.63) is 47.2 Å². The molecule has 0 spiro atoms. The summed E-state index contributed by atoms with van der Waals surface area (Å²) in [4.78, 5) is 6.72. The second-order valence-corrected chi connectivity index (χ2v) is 4.90. The van der Waals surface area contributed by atoms with Gasteiger partial charge in [-0.25, -0.2) is 4.98 Å². The molecule has 1 N–H and O–H groups in total. The highest BCUT2D eigenvalue weighted by Crippen LogP contribution is 2.37. The van der Waals surface area contributed by atoms with Crippen molar-refractivity contribution in [2.75, 3.05) is 17.3 Å². The molecule has 92 valence electrons. The first kappa shape index (κ1) is 11.1. The summed E-state index contributed by atoms with van der Waals surface area (Å²) in [5, 5.41) is 3.45. The summed E-state index contributed by atoms with van der Waals surface area (Å²) in [5.41, 5.74) is 6.29. The van der Waals surface area contributed by atoms with Gasteiger partial charge in [0.25, 0.3) is 0 Å². The summed E-state index contributed by atoms with van der Waals surface area (Å²) in [6.07, 6.45) is 1.83. The zero-order chi connectivity index (χ0) is 12.7. The number of fused-ring (bicyclic) bond motifs is 2. The van der Waals surface area contributed by atoms with Crippen molar-refractivity contribution >= 4 is 17.2 Å². The summed E-state index contributed by atoms with van der Waals surface area (Å²) < 4.78 is 0. The lowest BCUT2D eigenvalue weighted by molar-refractivity contribution is 0.923. The van der Waals surface area contributed by atoms with Gasteiger partial charge in [0.2, 0.25) is 0 Å². The van der Waals surface area contributed by atoms with Crippen molar-refractivity contribution in [1.82, 2.24) is 4.98 Å². The third kappa shape index (κ3) is 1.63. The fourth-order valence-electron chi connectivity index (χ4n) is 2.53. The van der Waals surface area contributed by atoms with Gasteiger partial charge in [-0.1, -0.05) is 12.1 Å². The molecule has 1 aliphatic rings. The molecule has 1 aliphatic heterocycles. The summed E-state index contributed by atoms with van der Waals surface area (Å²) in [7, 11) is 2.13. The molecular formula is C15H17N3. The van der Waals surface area contributed by atoms with Crippen LogP contribution in [0.15, 0.2) is 30.5 Å². The molecule has 0 saturated carbocycles. The minimum atomic E-state index is 0.882. The van der Waals surface area contributed by atoms with Crippen LogP contribution >= 0.6 is 0 Å². The zero-order valence-electron chi connectivity index (χ0n) is 11.0. The van der Waals surface area contributed by atoms with Crippen molar-refractivity contribution in [2.45, 2.75) is 20.4 Å². The molecule has 0 unspecified atom stereocenters. The Labute approximate surface area is 107 Å². The van der Waals surface area contributed by atoms with Crippen LogP contribution in [0.5, 0.6) is 0 Å². The van der Waals surface area contributed by atoms with Crippen LogP contribution in [0.1, 0.15) is 16.7 Å². The number of nitrogens with zero attached hydrogens (tertiary/aromatic N) is 2. The first-order valence-corrected chi connectivity index (χ1v) is 6.19. The number of hydrogen-bond donors (Lipinski definition) is 1. The maximum Gasteiger partial charge on any atom is 0.135 e. The van der Waals surface area contributed by atoms with Crippen LogP contribution in [0.2, 0.25) is 0 Å². The molecule has 0 amide bonds. The fraction of sp³-hybridized carbons (Fsp3) is 0.267. The largest absolute Gasteiger partial charge is 0.368 e. The van der Waals surface area contributed by atoms with E-state index < -0.39 is 0 Å². The topological polar surface area (TPSA) is 28.2 Å². The van der Waals surface area contributed by atoms with Crippen molar-refractivity contribution in [3.63, 3.8) is 0 Å². The van der Waals surface area contributed by atoms with Gasteiger partial charge in [-0.15, -0.1) is 0 Å². The molecule has 1 aromatic carbocycles. The van der Waals surface area contributed by atoms with E-state index in [1.807, 2.05) is 12.3 Å². The monoisotopic (exact) mass is 239 g/mol. The van der Waals surface area contributed by atoms with Gasteiger partial charge in [-0.2, -0.15) is 0 Å². The number of aryl methyl sites for hydroxylation is 1. The molecule has 0 fully saturated rings. The Balaban J connectivity index is 2.19. The third-order valence-electron chi connectivity index (χ3n) is 3.64. The molecule has 3 rings (SSSR count). The average molecular weight is 239 g/mol. The fourth-order valence-corrected chi connectivity index (χ4v) is 2.53. The van der Waals surface area contributed by atoms with Crippen LogP contribution in [-0.4, -0.2) is 12.0 Å². The van der Waals surface area contributed by atoms with Crippen molar-refractivity contribution in [1.29, 1.82) is 0 Å². The van der Waals surface area contributed by atoms with Gasteiger partial charge in [-0.05, 0) is 37.1 Å². The quantitative estimate of drug-likeness (QED) is 0.763. The molecule has 0 radical (unpaired) electrons. The van der Waals surface area contributed by atoms with Crippen LogP contribution in [0, 0.1) is 13.8 Å². The lowest BCUT2D eigenvalue weighted by Gasteiger charge is -2.22. The Morgan fingerprint density at radius 2 is 2.06 bits per heavy atom. The zero-order valence-corrected chi connectivity index (χ0v) is 11.0. The lowest BCUT2D eigenvalue weighted by atomic mass is 10.1. The summed E-state index contributed by atoms with van der Waals surface area (Å²) >= 11 is 0. The molecule has 3 nitrogen and oxygen atoms in total. The number of rotatable bonds is 0. The average Bonchev–Trinajstić information content (AvgIpc) is 2.50. The molecule has 2 aromatic rings. The van der Waals surface area contributed by atoms with Crippen molar-refractivity contribution < 1.29 is 0 Å². The standard InChI is InChI=1S/C15H17N3/c1-10-6-7-13-14(11(10)2)18(3)9-12-5-4-8-16-15(12)17-13/h4-8H,9H2,1-3H3,(H,16,17). The SMILES string of the molecule is Cc1ccc2c(c1C)N(C)Cc1cccnc1N2. The molecule has 0 atom stereocenters. The first-order valence-electron chi connectivity index (χ1n) is 6.19. The van der Waals surface area contributed by atoms with E-state index in [9.17, 15) is 0 Å². The molecular weight excluding hydrogens is 222 g/mol. The van der Waals surface area contributed by atoms with Crippen molar-refractivity contribution in [3.8, 4) is 0 Å². The van der Waals surface area contributed by atoms with Gasteiger partial charge in [0.15, 0.2) is 0 Å². The van der Waals surface area contributed by atoms with E-state index in [2.05, 4.69) is 54.3 Å². The number of pyridine rings is 1. The lowest BCUT2D eigenvalue weighted by Crippen LogP contribution is -2.16. The number of hydrogen-bond acceptors (Lipinski definition) is 3. The van der Waals surface area contributed by atoms with Crippen LogP contribution in [0.3, 0.4) is 0 Å². The summed E-state index contributed by atoms with van der Waals surface area (Å²) in [5.74, 6) is 0.964. The van der Waals surface area contributed by atoms with E-state index in [1.165, 1.54) is 22.4 Å². The number of benzene rings is 1. The second-order valence-electron chi connectivity index (χ2n) is 4.90. The number of anilines is 3. The van der Waals surface area contributed by atoms with E-state index in [0.29, 0.717) is 0 Å². The highest BCUT2D eigenvalue weighted by molar-refractivity contribution is 5.80. The Bertz CT molecular complexity index is 605. The van der Waals surface area contributed by atoms with Crippen LogP contribution in [0.25, 0.3) is 0 Å². The van der Waals surface area contributed by atoms with E-state index in [0.717, 1.165) is 18.1 Å². The number of aromatic nitrogens is 1. The maximum atomic E-state index is 4.43. The van der Waals surface area contributed by atoms with Gasteiger partial charge in [0.1, 0.15) is 5.82 Å². The minimum Gasteiger partial charge on any atom is -0.368 e. The van der Waals surface area contributed by atoms with Gasteiger partial charge >= 0.3 is 0 Å². The molecule has 0 saturated heterocycles. The smallest absolute Gasteiger partial charge is 0.135 e. The molecule has 18 heavy (non-hydrogen) atoms. The van der Waals surface area contributed by atoms with E-state index in [1.54, 1.807) is 0 Å². The van der Waals surface area contributed by atoms with Crippen molar-refractivity contribution in [2.24, 2.45) is 0 Å². The third-order valence-corrected chi connectivity index (χ3v) is 3.64. The maximum absolute atomic E-state index is 4.43. The van der Waals surface area contributed by atoms with Gasteiger partial charge in [-0.3, -0.25) is 0 Å². The van der Waals surface area contributed by atoms with Gasteiger partial charge in [0, 0.05) is 25.4 Å². The Hall–Kier alpha value is -2.03. The Morgan fingerprint density at radius 3 is 2.89 bits per heavy atom. The first-order chi connectivity index (χ1) is 8.66. The second kappa shape index (κ2) is 4.02. The van der Waals surface area contributed by atoms with Crippen LogP contribution < -0.4 is 10.2 Å². The summed E-state index contributed by atoms with van der Waals surface area (Å²) in [6, 6.07) is 8.41. The van der Waals surface area contributed by atoms with Crippen LogP contribution in [0.4, 0.5) is 17.2 Å². The predicted octanol–water partition coefficient (Wildman–Crippen LogP) is 3.39. The minimum absolute atomic E-state index is 0.882. The molecule has 2 heterocycles. The van der Waals surface area contributed by atoms with E-state index in [-0.39, 0.29) is 0 Å². The highest BCUT2D eigenvalue weighted by Gasteiger charge is 2.19.